The van der Waals surface area contributed by atoms with Crippen molar-refractivity contribution >= 4 is 28.9 Å². The van der Waals surface area contributed by atoms with Crippen molar-refractivity contribution in [2.24, 2.45) is 0 Å². The highest BCUT2D eigenvalue weighted by Gasteiger charge is 2.15. The third-order valence-electron chi connectivity index (χ3n) is 4.22. The summed E-state index contributed by atoms with van der Waals surface area (Å²) in [5, 5.41) is 18.6. The monoisotopic (exact) mass is 407 g/mol. The number of carbonyl (C=O) groups excluding carboxylic acids is 1. The number of hydrogen-bond acceptors (Lipinski definition) is 4. The molecule has 4 rings (SSSR count). The molecule has 0 aliphatic rings. The molecule has 1 amide bonds. The average molecular weight is 408 g/mol. The van der Waals surface area contributed by atoms with Crippen molar-refractivity contribution in [3.63, 3.8) is 0 Å². The Morgan fingerprint density at radius 3 is 2.59 bits per heavy atom. The van der Waals surface area contributed by atoms with Crippen molar-refractivity contribution in [1.82, 2.24) is 14.3 Å². The summed E-state index contributed by atoms with van der Waals surface area (Å²) >= 11 is 6.10. The first-order valence-electron chi connectivity index (χ1n) is 8.56. The Hall–Kier alpha value is -3.91. The van der Waals surface area contributed by atoms with Crippen molar-refractivity contribution < 1.29 is 9.72 Å². The first-order valence-corrected chi connectivity index (χ1v) is 8.94. The summed E-state index contributed by atoms with van der Waals surface area (Å²) in [5.41, 5.74) is 1.89. The number of amides is 1. The predicted octanol–water partition coefficient (Wildman–Crippen LogP) is 4.48. The van der Waals surface area contributed by atoms with Gasteiger partial charge < -0.3 is 9.88 Å². The van der Waals surface area contributed by atoms with Crippen LogP contribution in [0, 0.1) is 10.1 Å². The van der Waals surface area contributed by atoms with E-state index >= 15 is 0 Å². The van der Waals surface area contributed by atoms with Crippen LogP contribution in [0.4, 0.5) is 11.4 Å². The van der Waals surface area contributed by atoms with Crippen LogP contribution in [0.15, 0.2) is 79.3 Å². The van der Waals surface area contributed by atoms with Crippen LogP contribution in [0.5, 0.6) is 0 Å². The fraction of sp³-hybridized carbons (Fsp3) is 0. The fourth-order valence-corrected chi connectivity index (χ4v) is 3.01. The Bertz CT molecular complexity index is 1200. The molecule has 2 aromatic carbocycles. The lowest BCUT2D eigenvalue weighted by molar-refractivity contribution is -0.384. The van der Waals surface area contributed by atoms with Crippen LogP contribution < -0.4 is 5.32 Å². The van der Waals surface area contributed by atoms with Crippen molar-refractivity contribution in [2.45, 2.75) is 0 Å². The summed E-state index contributed by atoms with van der Waals surface area (Å²) in [7, 11) is 0. The third kappa shape index (κ3) is 3.87. The Labute approximate surface area is 170 Å². The van der Waals surface area contributed by atoms with E-state index in [2.05, 4.69) is 10.4 Å². The highest BCUT2D eigenvalue weighted by atomic mass is 35.5. The van der Waals surface area contributed by atoms with Gasteiger partial charge in [0.2, 0.25) is 0 Å². The lowest BCUT2D eigenvalue weighted by Crippen LogP contribution is -2.14. The largest absolute Gasteiger partial charge is 0.322 e. The zero-order valence-electron chi connectivity index (χ0n) is 14.9. The molecule has 9 heteroatoms. The number of nitro benzene ring substituents is 1. The molecular weight excluding hydrogens is 394 g/mol. The van der Waals surface area contributed by atoms with Gasteiger partial charge in [0.05, 0.1) is 22.0 Å². The van der Waals surface area contributed by atoms with Gasteiger partial charge in [-0.3, -0.25) is 14.9 Å². The van der Waals surface area contributed by atoms with Crippen molar-refractivity contribution in [3.8, 4) is 11.4 Å². The molecule has 2 aromatic heterocycles. The maximum atomic E-state index is 12.7. The molecule has 2 heterocycles. The molecule has 0 unspecified atom stereocenters. The van der Waals surface area contributed by atoms with Gasteiger partial charge in [0.25, 0.3) is 11.6 Å². The van der Waals surface area contributed by atoms with E-state index in [4.69, 9.17) is 11.6 Å². The van der Waals surface area contributed by atoms with Crippen molar-refractivity contribution in [2.75, 3.05) is 5.32 Å². The van der Waals surface area contributed by atoms with E-state index in [1.807, 2.05) is 29.1 Å². The minimum atomic E-state index is -0.482. The molecule has 0 radical (unpaired) electrons. The van der Waals surface area contributed by atoms with E-state index < -0.39 is 10.8 Å². The molecule has 8 nitrogen and oxygen atoms in total. The Morgan fingerprint density at radius 2 is 1.83 bits per heavy atom. The third-order valence-corrected chi connectivity index (χ3v) is 4.45. The minimum absolute atomic E-state index is 0.0541. The van der Waals surface area contributed by atoms with Crippen LogP contribution in [0.1, 0.15) is 10.5 Å². The predicted molar refractivity (Wildman–Crippen MR) is 109 cm³/mol. The molecule has 0 saturated heterocycles. The van der Waals surface area contributed by atoms with Crippen LogP contribution in [0.25, 0.3) is 11.4 Å². The van der Waals surface area contributed by atoms with E-state index in [1.54, 1.807) is 42.6 Å². The highest BCUT2D eigenvalue weighted by molar-refractivity contribution is 6.31. The van der Waals surface area contributed by atoms with Gasteiger partial charge in [0.15, 0.2) is 5.69 Å². The molecule has 0 fully saturated rings. The lowest BCUT2D eigenvalue weighted by Gasteiger charge is -2.12. The number of halogens is 1. The summed E-state index contributed by atoms with van der Waals surface area (Å²) in [6.07, 6.45) is 5.26. The number of nitro groups is 1. The van der Waals surface area contributed by atoms with Gasteiger partial charge in [-0.15, -0.1) is 0 Å². The molecule has 29 heavy (non-hydrogen) atoms. The summed E-state index contributed by atoms with van der Waals surface area (Å²) in [4.78, 5) is 23.2. The molecule has 0 atom stereocenters. The minimum Gasteiger partial charge on any atom is -0.322 e. The van der Waals surface area contributed by atoms with Crippen molar-refractivity contribution in [3.05, 3.63) is 100 Å². The average Bonchev–Trinajstić information content (AvgIpc) is 3.41. The number of rotatable bonds is 5. The first kappa shape index (κ1) is 18.5. The molecule has 0 aliphatic heterocycles. The molecule has 144 valence electrons. The SMILES string of the molecule is O=C(Nc1ccc(Cl)cc1-n1cccc1)c1ccn(-c2cccc([N+](=O)[O-])c2)n1. The van der Waals surface area contributed by atoms with Gasteiger partial charge in [-0.25, -0.2) is 4.68 Å². The summed E-state index contributed by atoms with van der Waals surface area (Å²) in [6, 6.07) is 16.4. The number of nitrogens with zero attached hydrogens (tertiary/aromatic N) is 4. The van der Waals surface area contributed by atoms with Gasteiger partial charge >= 0.3 is 0 Å². The van der Waals surface area contributed by atoms with E-state index in [-0.39, 0.29) is 11.4 Å². The number of benzene rings is 2. The number of hydrogen-bond donors (Lipinski definition) is 1. The summed E-state index contributed by atoms with van der Waals surface area (Å²) < 4.78 is 3.25. The van der Waals surface area contributed by atoms with Gasteiger partial charge in [0.1, 0.15) is 0 Å². The number of anilines is 1. The van der Waals surface area contributed by atoms with E-state index in [1.165, 1.54) is 16.8 Å². The molecule has 4 aromatic rings. The zero-order chi connectivity index (χ0) is 20.4. The second kappa shape index (κ2) is 7.61. The highest BCUT2D eigenvalue weighted by Crippen LogP contribution is 2.25. The second-order valence-electron chi connectivity index (χ2n) is 6.13. The Morgan fingerprint density at radius 1 is 1.03 bits per heavy atom. The smallest absolute Gasteiger partial charge is 0.276 e. The quantitative estimate of drug-likeness (QED) is 0.390. The first-order chi connectivity index (χ1) is 14.0. The van der Waals surface area contributed by atoms with E-state index in [0.29, 0.717) is 22.1 Å². The van der Waals surface area contributed by atoms with Crippen LogP contribution >= 0.6 is 11.6 Å². The molecule has 0 aliphatic carbocycles. The van der Waals surface area contributed by atoms with Crippen molar-refractivity contribution in [1.29, 1.82) is 0 Å². The fourth-order valence-electron chi connectivity index (χ4n) is 2.84. The molecular formula is C20H14ClN5O3. The number of aromatic nitrogens is 3. The zero-order valence-corrected chi connectivity index (χ0v) is 15.7. The maximum absolute atomic E-state index is 12.7. The molecule has 1 N–H and O–H groups in total. The number of nitrogens with one attached hydrogen (secondary N) is 1. The normalized spacial score (nSPS) is 10.7. The standard InChI is InChI=1S/C20H14ClN5O3/c21-14-6-7-17(19(12-14)24-9-1-2-10-24)22-20(27)18-8-11-25(23-18)15-4-3-5-16(13-15)26(28)29/h1-13H,(H,22,27). The lowest BCUT2D eigenvalue weighted by atomic mass is 10.2. The van der Waals surface area contributed by atoms with Gasteiger partial charge in [0, 0.05) is 35.7 Å². The van der Waals surface area contributed by atoms with Crippen LogP contribution in [-0.4, -0.2) is 25.2 Å². The van der Waals surface area contributed by atoms with E-state index in [9.17, 15) is 14.9 Å². The molecule has 0 bridgehead atoms. The number of non-ortho nitro benzene ring substituents is 1. The number of carbonyl (C=O) groups is 1. The van der Waals surface area contributed by atoms with Crippen LogP contribution in [0.3, 0.4) is 0 Å². The van der Waals surface area contributed by atoms with Gasteiger partial charge in [-0.1, -0.05) is 17.7 Å². The van der Waals surface area contributed by atoms with Crippen LogP contribution in [-0.2, 0) is 0 Å². The second-order valence-corrected chi connectivity index (χ2v) is 6.56. The molecule has 0 spiro atoms. The molecule has 0 saturated carbocycles. The topological polar surface area (TPSA) is 95.0 Å². The Balaban J connectivity index is 1.60. The van der Waals surface area contributed by atoms with Gasteiger partial charge in [-0.05, 0) is 42.5 Å². The Kier molecular flexibility index (Phi) is 4.84. The summed E-state index contributed by atoms with van der Waals surface area (Å²) in [5.74, 6) is -0.412. The maximum Gasteiger partial charge on any atom is 0.276 e. The summed E-state index contributed by atoms with van der Waals surface area (Å²) in [6.45, 7) is 0. The van der Waals surface area contributed by atoms with Crippen LogP contribution in [0.2, 0.25) is 5.02 Å². The van der Waals surface area contributed by atoms with Gasteiger partial charge in [-0.2, -0.15) is 5.10 Å². The van der Waals surface area contributed by atoms with E-state index in [0.717, 1.165) is 0 Å².